The fourth-order valence-corrected chi connectivity index (χ4v) is 2.40. The monoisotopic (exact) mass is 286 g/mol. The first-order valence-electron chi connectivity index (χ1n) is 6.62. The van der Waals surface area contributed by atoms with Gasteiger partial charge in [0.15, 0.2) is 0 Å². The molecule has 0 amide bonds. The van der Waals surface area contributed by atoms with Crippen LogP contribution in [-0.4, -0.2) is 0 Å². The maximum atomic E-state index is 13.9. The zero-order chi connectivity index (χ0) is 15.0. The van der Waals surface area contributed by atoms with Crippen molar-refractivity contribution >= 4 is 11.0 Å². The van der Waals surface area contributed by atoms with Crippen LogP contribution in [0.5, 0.6) is 0 Å². The Kier molecular flexibility index (Phi) is 3.29. The number of aryl methyl sites for hydroxylation is 1. The topological polar surface area (TPSA) is 30.2 Å². The van der Waals surface area contributed by atoms with E-state index in [9.17, 15) is 13.6 Å². The molecule has 0 spiro atoms. The summed E-state index contributed by atoms with van der Waals surface area (Å²) in [5, 5.41) is -0.0750. The van der Waals surface area contributed by atoms with Crippen molar-refractivity contribution in [2.24, 2.45) is 0 Å². The molecule has 2 aromatic carbocycles. The van der Waals surface area contributed by atoms with E-state index in [0.717, 1.165) is 0 Å². The highest BCUT2D eigenvalue weighted by atomic mass is 19.1. The van der Waals surface area contributed by atoms with Crippen LogP contribution in [0.1, 0.15) is 12.7 Å². The van der Waals surface area contributed by atoms with Gasteiger partial charge in [0.1, 0.15) is 28.4 Å². The van der Waals surface area contributed by atoms with Crippen LogP contribution in [0.3, 0.4) is 0 Å². The zero-order valence-electron chi connectivity index (χ0n) is 11.3. The molecule has 1 heterocycles. The highest BCUT2D eigenvalue weighted by Gasteiger charge is 2.17. The Hall–Kier alpha value is -2.49. The maximum absolute atomic E-state index is 13.9. The first-order valence-corrected chi connectivity index (χ1v) is 6.62. The molecular formula is C17H12F2O2. The molecule has 0 bridgehead atoms. The van der Waals surface area contributed by atoms with E-state index in [1.54, 1.807) is 6.07 Å². The number of halogens is 2. The van der Waals surface area contributed by atoms with Gasteiger partial charge in [-0.3, -0.25) is 4.79 Å². The summed E-state index contributed by atoms with van der Waals surface area (Å²) in [7, 11) is 0. The van der Waals surface area contributed by atoms with Crippen LogP contribution in [0.15, 0.2) is 51.7 Å². The molecular weight excluding hydrogens is 274 g/mol. The Labute approximate surface area is 119 Å². The number of benzene rings is 2. The number of hydrogen-bond donors (Lipinski definition) is 0. The van der Waals surface area contributed by atoms with Gasteiger partial charge in [-0.1, -0.05) is 25.1 Å². The van der Waals surface area contributed by atoms with Crippen LogP contribution in [0.4, 0.5) is 8.78 Å². The van der Waals surface area contributed by atoms with Gasteiger partial charge < -0.3 is 4.42 Å². The van der Waals surface area contributed by atoms with E-state index in [0.29, 0.717) is 17.7 Å². The van der Waals surface area contributed by atoms with Gasteiger partial charge in [-0.15, -0.1) is 0 Å². The summed E-state index contributed by atoms with van der Waals surface area (Å²) >= 11 is 0. The summed E-state index contributed by atoms with van der Waals surface area (Å²) < 4.78 is 32.6. The Bertz CT molecular complexity index is 864. The molecule has 0 atom stereocenters. The minimum Gasteiger partial charge on any atom is -0.460 e. The maximum Gasteiger partial charge on any atom is 0.203 e. The van der Waals surface area contributed by atoms with E-state index >= 15 is 0 Å². The van der Waals surface area contributed by atoms with E-state index in [2.05, 4.69) is 0 Å². The van der Waals surface area contributed by atoms with E-state index in [4.69, 9.17) is 4.42 Å². The summed E-state index contributed by atoms with van der Waals surface area (Å²) in [6, 6.07) is 9.80. The largest absolute Gasteiger partial charge is 0.460 e. The van der Waals surface area contributed by atoms with E-state index < -0.39 is 17.1 Å². The van der Waals surface area contributed by atoms with Crippen molar-refractivity contribution < 1.29 is 13.2 Å². The second-order valence-corrected chi connectivity index (χ2v) is 4.70. The molecule has 0 saturated heterocycles. The quantitative estimate of drug-likeness (QED) is 0.703. The first kappa shape index (κ1) is 13.5. The molecule has 0 aliphatic rings. The third-order valence-corrected chi connectivity index (χ3v) is 3.40. The predicted octanol–water partition coefficient (Wildman–Crippen LogP) is 4.30. The summed E-state index contributed by atoms with van der Waals surface area (Å²) in [5.74, 6) is -0.551. The predicted molar refractivity (Wildman–Crippen MR) is 77.2 cm³/mol. The number of rotatable bonds is 2. The van der Waals surface area contributed by atoms with Crippen molar-refractivity contribution in [2.45, 2.75) is 13.3 Å². The summed E-state index contributed by atoms with van der Waals surface area (Å²) in [4.78, 5) is 12.6. The molecule has 21 heavy (non-hydrogen) atoms. The summed E-state index contributed by atoms with van der Waals surface area (Å²) in [6.45, 7) is 1.84. The van der Waals surface area contributed by atoms with Crippen LogP contribution >= 0.6 is 0 Å². The lowest BCUT2D eigenvalue weighted by Crippen LogP contribution is -2.10. The van der Waals surface area contributed by atoms with E-state index in [1.165, 1.54) is 36.4 Å². The minimum atomic E-state index is -0.618. The fourth-order valence-electron chi connectivity index (χ4n) is 2.40. The van der Waals surface area contributed by atoms with Gasteiger partial charge in [0.05, 0.1) is 5.56 Å². The Morgan fingerprint density at radius 1 is 1.05 bits per heavy atom. The molecule has 2 nitrogen and oxygen atoms in total. The average Bonchev–Trinajstić information content (AvgIpc) is 2.48. The van der Waals surface area contributed by atoms with E-state index in [1.807, 2.05) is 6.92 Å². The van der Waals surface area contributed by atoms with Crippen LogP contribution in [0, 0.1) is 11.6 Å². The first-order chi connectivity index (χ1) is 10.1. The fraction of sp³-hybridized carbons (Fsp3) is 0.118. The van der Waals surface area contributed by atoms with Gasteiger partial charge in [0, 0.05) is 6.42 Å². The minimum absolute atomic E-state index is 0.0750. The number of hydrogen-bond acceptors (Lipinski definition) is 2. The molecule has 0 fully saturated rings. The highest BCUT2D eigenvalue weighted by molar-refractivity contribution is 5.83. The van der Waals surface area contributed by atoms with Crippen molar-refractivity contribution in [2.75, 3.05) is 0 Å². The molecule has 0 radical (unpaired) electrons. The van der Waals surface area contributed by atoms with Crippen molar-refractivity contribution in [3.05, 3.63) is 70.1 Å². The Balaban J connectivity index is 2.41. The normalized spacial score (nSPS) is 11.0. The van der Waals surface area contributed by atoms with Crippen LogP contribution in [0.2, 0.25) is 0 Å². The molecule has 1 aromatic heterocycles. The van der Waals surface area contributed by atoms with Gasteiger partial charge >= 0.3 is 0 Å². The summed E-state index contributed by atoms with van der Waals surface area (Å²) in [5.41, 5.74) is 0.600. The van der Waals surface area contributed by atoms with Crippen molar-refractivity contribution in [1.82, 2.24) is 0 Å². The van der Waals surface area contributed by atoms with Gasteiger partial charge in [0.2, 0.25) is 5.43 Å². The Morgan fingerprint density at radius 3 is 2.43 bits per heavy atom. The molecule has 4 heteroatoms. The molecule has 0 saturated carbocycles. The molecule has 0 aliphatic carbocycles. The standard InChI is InChI=1S/C17H12F2O2/c1-2-13-15(10-6-8-11(18)9-7-10)17(20)16-12(19)4-3-5-14(16)21-13/h3-9H,2H2,1H3. The van der Waals surface area contributed by atoms with Crippen LogP contribution < -0.4 is 5.43 Å². The molecule has 0 aliphatic heterocycles. The molecule has 3 rings (SSSR count). The van der Waals surface area contributed by atoms with Gasteiger partial charge in [-0.05, 0) is 29.8 Å². The van der Waals surface area contributed by atoms with Crippen molar-refractivity contribution in [1.29, 1.82) is 0 Å². The highest BCUT2D eigenvalue weighted by Crippen LogP contribution is 2.26. The Morgan fingerprint density at radius 2 is 1.76 bits per heavy atom. The smallest absolute Gasteiger partial charge is 0.203 e. The molecule has 3 aromatic rings. The van der Waals surface area contributed by atoms with Crippen molar-refractivity contribution in [3.63, 3.8) is 0 Å². The SMILES string of the molecule is CCc1oc2cccc(F)c2c(=O)c1-c1ccc(F)cc1. The van der Waals surface area contributed by atoms with E-state index in [-0.39, 0.29) is 16.5 Å². The van der Waals surface area contributed by atoms with Crippen LogP contribution in [-0.2, 0) is 6.42 Å². The second-order valence-electron chi connectivity index (χ2n) is 4.70. The lowest BCUT2D eigenvalue weighted by Gasteiger charge is -2.09. The van der Waals surface area contributed by atoms with Gasteiger partial charge in [-0.25, -0.2) is 8.78 Å². The average molecular weight is 286 g/mol. The third kappa shape index (κ3) is 2.23. The molecule has 106 valence electrons. The van der Waals surface area contributed by atoms with Crippen LogP contribution in [0.25, 0.3) is 22.1 Å². The molecule has 0 unspecified atom stereocenters. The van der Waals surface area contributed by atoms with Gasteiger partial charge in [-0.2, -0.15) is 0 Å². The summed E-state index contributed by atoms with van der Waals surface area (Å²) in [6.07, 6.45) is 0.481. The van der Waals surface area contributed by atoms with Crippen molar-refractivity contribution in [3.8, 4) is 11.1 Å². The second kappa shape index (κ2) is 5.13. The lowest BCUT2D eigenvalue weighted by molar-refractivity contribution is 0.542. The third-order valence-electron chi connectivity index (χ3n) is 3.40. The zero-order valence-corrected chi connectivity index (χ0v) is 11.3. The molecule has 0 N–H and O–H groups in total. The lowest BCUT2D eigenvalue weighted by atomic mass is 10.0. The number of fused-ring (bicyclic) bond motifs is 1. The van der Waals surface area contributed by atoms with Gasteiger partial charge in [0.25, 0.3) is 0 Å².